The average molecular weight is 441 g/mol. The Bertz CT molecular complexity index is 1260. The average Bonchev–Trinajstić information content (AvgIpc) is 3.21. The first-order valence-corrected chi connectivity index (χ1v) is 10.4. The lowest BCUT2D eigenvalue weighted by molar-refractivity contribution is -0.141. The lowest BCUT2D eigenvalue weighted by Crippen LogP contribution is -2.43. The van der Waals surface area contributed by atoms with Crippen LogP contribution in [0.3, 0.4) is 0 Å². The fraction of sp³-hybridized carbons (Fsp3) is 0.115. The number of nitrogens with zero attached hydrogens (tertiary/aromatic N) is 2. The van der Waals surface area contributed by atoms with Crippen molar-refractivity contribution in [1.82, 2.24) is 9.99 Å². The number of aliphatic hydroxyl groups is 1. The van der Waals surface area contributed by atoms with Crippen LogP contribution >= 0.6 is 0 Å². The number of ether oxygens (including phenoxy) is 1. The van der Waals surface area contributed by atoms with Crippen LogP contribution in [-0.2, 0) is 26.5 Å². The number of hydrogen-bond donors (Lipinski definition) is 2. The number of nitrogens with one attached hydrogen (secondary N) is 1. The van der Waals surface area contributed by atoms with Gasteiger partial charge < -0.3 is 14.4 Å². The van der Waals surface area contributed by atoms with Crippen LogP contribution in [0.25, 0.3) is 10.9 Å². The fourth-order valence-corrected chi connectivity index (χ4v) is 3.74. The van der Waals surface area contributed by atoms with Gasteiger partial charge in [0.05, 0.1) is 13.3 Å². The SMILES string of the molecule is COC(=O)Cn1cc(/C=N/NC(=O)C(O)(c2ccccc2)c2ccccc2)c2ccccc21. The molecule has 2 N–H and O–H groups in total. The predicted molar refractivity (Wildman–Crippen MR) is 126 cm³/mol. The molecule has 4 rings (SSSR count). The minimum Gasteiger partial charge on any atom is -0.468 e. The molecule has 1 aromatic heterocycles. The van der Waals surface area contributed by atoms with E-state index in [9.17, 15) is 14.7 Å². The molecular weight excluding hydrogens is 418 g/mol. The molecule has 0 fully saturated rings. The number of methoxy groups -OCH3 is 1. The lowest BCUT2D eigenvalue weighted by Gasteiger charge is -2.27. The summed E-state index contributed by atoms with van der Waals surface area (Å²) < 4.78 is 6.53. The Labute approximate surface area is 190 Å². The van der Waals surface area contributed by atoms with Crippen molar-refractivity contribution < 1.29 is 19.4 Å². The molecule has 0 aliphatic heterocycles. The minimum absolute atomic E-state index is 0.0545. The third kappa shape index (κ3) is 4.40. The van der Waals surface area contributed by atoms with Gasteiger partial charge in [-0.15, -0.1) is 0 Å². The Morgan fingerprint density at radius 2 is 1.55 bits per heavy atom. The number of hydrazone groups is 1. The smallest absolute Gasteiger partial charge is 0.325 e. The highest BCUT2D eigenvalue weighted by Gasteiger charge is 2.39. The summed E-state index contributed by atoms with van der Waals surface area (Å²) in [6.07, 6.45) is 3.25. The van der Waals surface area contributed by atoms with Crippen molar-refractivity contribution in [3.8, 4) is 0 Å². The van der Waals surface area contributed by atoms with Gasteiger partial charge in [0, 0.05) is 22.7 Å². The molecule has 0 unspecified atom stereocenters. The molecule has 0 atom stereocenters. The Morgan fingerprint density at radius 1 is 0.970 bits per heavy atom. The molecule has 166 valence electrons. The molecule has 7 heteroatoms. The Hall–Kier alpha value is -4.23. The molecule has 33 heavy (non-hydrogen) atoms. The standard InChI is InChI=1S/C26H23N3O4/c1-33-24(30)18-29-17-19(22-14-8-9-15-23(22)29)16-27-28-25(31)26(32,20-10-4-2-5-11-20)21-12-6-3-7-13-21/h2-17,32H,18H2,1H3,(H,28,31)/b27-16+. The Morgan fingerprint density at radius 3 is 2.15 bits per heavy atom. The second kappa shape index (κ2) is 9.50. The van der Waals surface area contributed by atoms with Gasteiger partial charge in [-0.1, -0.05) is 78.9 Å². The van der Waals surface area contributed by atoms with Gasteiger partial charge in [0.15, 0.2) is 5.60 Å². The molecule has 0 spiro atoms. The van der Waals surface area contributed by atoms with E-state index >= 15 is 0 Å². The van der Waals surface area contributed by atoms with Gasteiger partial charge in [-0.25, -0.2) is 5.43 Å². The van der Waals surface area contributed by atoms with Gasteiger partial charge in [0.1, 0.15) is 6.54 Å². The Balaban J connectivity index is 1.63. The summed E-state index contributed by atoms with van der Waals surface area (Å²) in [6.45, 7) is 0.0545. The lowest BCUT2D eigenvalue weighted by atomic mass is 9.85. The van der Waals surface area contributed by atoms with Crippen molar-refractivity contribution in [2.24, 2.45) is 5.10 Å². The third-order valence-corrected chi connectivity index (χ3v) is 5.43. The summed E-state index contributed by atoms with van der Waals surface area (Å²) >= 11 is 0. The number of aromatic nitrogens is 1. The van der Waals surface area contributed by atoms with Crippen molar-refractivity contribution in [2.75, 3.05) is 7.11 Å². The molecule has 0 aliphatic rings. The zero-order valence-electron chi connectivity index (χ0n) is 18.0. The molecule has 0 saturated heterocycles. The largest absolute Gasteiger partial charge is 0.468 e. The third-order valence-electron chi connectivity index (χ3n) is 5.43. The van der Waals surface area contributed by atoms with E-state index in [0.717, 1.165) is 10.9 Å². The summed E-state index contributed by atoms with van der Waals surface area (Å²) in [6, 6.07) is 25.0. The summed E-state index contributed by atoms with van der Waals surface area (Å²) in [5, 5.41) is 16.4. The van der Waals surface area contributed by atoms with Crippen LogP contribution in [0.2, 0.25) is 0 Å². The van der Waals surface area contributed by atoms with E-state index in [1.165, 1.54) is 13.3 Å². The van der Waals surface area contributed by atoms with Gasteiger partial charge in [0.25, 0.3) is 5.91 Å². The van der Waals surface area contributed by atoms with E-state index in [0.29, 0.717) is 16.7 Å². The van der Waals surface area contributed by atoms with E-state index in [1.807, 2.05) is 36.4 Å². The molecule has 1 amide bonds. The van der Waals surface area contributed by atoms with Gasteiger partial charge in [-0.2, -0.15) is 5.10 Å². The maximum atomic E-state index is 13.2. The van der Waals surface area contributed by atoms with E-state index in [-0.39, 0.29) is 12.5 Å². The van der Waals surface area contributed by atoms with Crippen LogP contribution in [0.5, 0.6) is 0 Å². The van der Waals surface area contributed by atoms with Crippen LogP contribution in [0, 0.1) is 0 Å². The number of benzene rings is 3. The molecule has 7 nitrogen and oxygen atoms in total. The molecule has 0 saturated carbocycles. The maximum absolute atomic E-state index is 13.2. The summed E-state index contributed by atoms with van der Waals surface area (Å²) in [5.74, 6) is -1.06. The van der Waals surface area contributed by atoms with Crippen molar-refractivity contribution in [1.29, 1.82) is 0 Å². The molecule has 0 radical (unpaired) electrons. The number of hydrogen-bond acceptors (Lipinski definition) is 5. The van der Waals surface area contributed by atoms with E-state index in [2.05, 4.69) is 10.5 Å². The van der Waals surface area contributed by atoms with Crippen LogP contribution < -0.4 is 5.43 Å². The second-order valence-corrected chi connectivity index (χ2v) is 7.45. The van der Waals surface area contributed by atoms with E-state index in [1.54, 1.807) is 59.3 Å². The summed E-state index contributed by atoms with van der Waals surface area (Å²) in [5.41, 5.74) is 2.96. The number of para-hydroxylation sites is 1. The van der Waals surface area contributed by atoms with Crippen LogP contribution in [0.15, 0.2) is 96.2 Å². The number of carbonyl (C=O) groups is 2. The zero-order valence-corrected chi connectivity index (χ0v) is 18.0. The number of carbonyl (C=O) groups excluding carboxylic acids is 2. The minimum atomic E-state index is -1.92. The normalized spacial score (nSPS) is 11.6. The zero-order chi connectivity index (χ0) is 23.3. The highest BCUT2D eigenvalue weighted by molar-refractivity contribution is 6.00. The number of esters is 1. The van der Waals surface area contributed by atoms with Crippen LogP contribution in [0.4, 0.5) is 0 Å². The molecule has 3 aromatic carbocycles. The van der Waals surface area contributed by atoms with Crippen molar-refractivity contribution in [3.63, 3.8) is 0 Å². The quantitative estimate of drug-likeness (QED) is 0.262. The van der Waals surface area contributed by atoms with E-state index in [4.69, 9.17) is 4.74 Å². The van der Waals surface area contributed by atoms with Gasteiger partial charge >= 0.3 is 5.97 Å². The topological polar surface area (TPSA) is 92.9 Å². The molecule has 4 aromatic rings. The first-order chi connectivity index (χ1) is 16.0. The Kier molecular flexibility index (Phi) is 6.33. The van der Waals surface area contributed by atoms with Crippen molar-refractivity contribution in [3.05, 3.63) is 108 Å². The van der Waals surface area contributed by atoms with Crippen LogP contribution in [-0.4, -0.2) is 34.9 Å². The van der Waals surface area contributed by atoms with Crippen molar-refractivity contribution >= 4 is 29.0 Å². The monoisotopic (exact) mass is 441 g/mol. The fourth-order valence-electron chi connectivity index (χ4n) is 3.74. The van der Waals surface area contributed by atoms with Gasteiger partial charge in [0.2, 0.25) is 0 Å². The summed E-state index contributed by atoms with van der Waals surface area (Å²) in [4.78, 5) is 24.9. The molecular formula is C26H23N3O4. The molecule has 0 bridgehead atoms. The van der Waals surface area contributed by atoms with E-state index < -0.39 is 11.5 Å². The van der Waals surface area contributed by atoms with Crippen molar-refractivity contribution in [2.45, 2.75) is 12.1 Å². The number of amides is 1. The van der Waals surface area contributed by atoms with Gasteiger partial charge in [-0.05, 0) is 17.2 Å². The highest BCUT2D eigenvalue weighted by Crippen LogP contribution is 2.30. The number of rotatable bonds is 7. The van der Waals surface area contributed by atoms with Gasteiger partial charge in [-0.3, -0.25) is 9.59 Å². The second-order valence-electron chi connectivity index (χ2n) is 7.45. The molecule has 0 aliphatic carbocycles. The first-order valence-electron chi connectivity index (χ1n) is 10.4. The predicted octanol–water partition coefficient (Wildman–Crippen LogP) is 3.20. The summed E-state index contributed by atoms with van der Waals surface area (Å²) in [7, 11) is 1.34. The highest BCUT2D eigenvalue weighted by atomic mass is 16.5. The maximum Gasteiger partial charge on any atom is 0.325 e. The first kappa shape index (κ1) is 22.0. The van der Waals surface area contributed by atoms with Crippen LogP contribution in [0.1, 0.15) is 16.7 Å². The molecule has 1 heterocycles. The number of fused-ring (bicyclic) bond motifs is 1.